The van der Waals surface area contributed by atoms with Gasteiger partial charge in [0.05, 0.1) is 11.6 Å². The summed E-state index contributed by atoms with van der Waals surface area (Å²) in [6.07, 6.45) is -9.23. The van der Waals surface area contributed by atoms with Gasteiger partial charge in [0, 0.05) is 11.9 Å². The van der Waals surface area contributed by atoms with Gasteiger partial charge in [-0.3, -0.25) is 15.8 Å². The van der Waals surface area contributed by atoms with Gasteiger partial charge in [0.2, 0.25) is 0 Å². The first-order valence-corrected chi connectivity index (χ1v) is 9.13. The highest BCUT2D eigenvalue weighted by Crippen LogP contribution is 2.61. The first-order chi connectivity index (χ1) is 16.4. The zero-order valence-corrected chi connectivity index (χ0v) is 17.6. The number of halogens is 13. The summed E-state index contributed by atoms with van der Waals surface area (Å²) in [5.41, 5.74) is -0.692. The maximum absolute atomic E-state index is 14.3. The summed E-state index contributed by atoms with van der Waals surface area (Å²) in [6, 6.07) is 1.79. The van der Waals surface area contributed by atoms with Gasteiger partial charge in [0.15, 0.2) is 0 Å². The third kappa shape index (κ3) is 5.43. The lowest BCUT2D eigenvalue weighted by molar-refractivity contribution is -0.441. The maximum Gasteiger partial charge on any atom is 0.460 e. The molecule has 3 N–H and O–H groups in total. The van der Waals surface area contributed by atoms with E-state index in [-0.39, 0.29) is 6.21 Å². The summed E-state index contributed by atoms with van der Waals surface area (Å²) >= 11 is 0. The van der Waals surface area contributed by atoms with E-state index in [9.17, 15) is 67.5 Å². The van der Waals surface area contributed by atoms with Crippen LogP contribution in [0.3, 0.4) is 0 Å². The summed E-state index contributed by atoms with van der Waals surface area (Å²) in [6.45, 7) is 0.571. The van der Waals surface area contributed by atoms with Crippen LogP contribution in [0.2, 0.25) is 0 Å². The highest BCUT2D eigenvalue weighted by Gasteiger charge is 2.91. The van der Waals surface area contributed by atoms with Gasteiger partial charge in [0.25, 0.3) is 0 Å². The van der Waals surface area contributed by atoms with Gasteiger partial charge < -0.3 is 15.6 Å². The Bertz CT molecular complexity index is 970. The van der Waals surface area contributed by atoms with Gasteiger partial charge in [-0.1, -0.05) is 6.92 Å². The van der Waals surface area contributed by atoms with E-state index in [4.69, 9.17) is 10.4 Å². The Labute approximate surface area is 196 Å². The average molecular weight is 572 g/mol. The van der Waals surface area contributed by atoms with Crippen molar-refractivity contribution in [3.05, 3.63) is 28.6 Å². The van der Waals surface area contributed by atoms with E-state index in [1.807, 2.05) is 0 Å². The third-order valence-electron chi connectivity index (χ3n) is 4.71. The zero-order chi connectivity index (χ0) is 29.4. The first kappa shape index (κ1) is 32.2. The van der Waals surface area contributed by atoms with Crippen molar-refractivity contribution in [2.45, 2.75) is 49.1 Å². The molecule has 37 heavy (non-hydrogen) atoms. The van der Waals surface area contributed by atoms with E-state index >= 15 is 0 Å². The molecule has 0 radical (unpaired) electrons. The van der Waals surface area contributed by atoms with Gasteiger partial charge >= 0.3 is 35.8 Å². The van der Waals surface area contributed by atoms with E-state index in [0.717, 1.165) is 0 Å². The minimum Gasteiger partial charge on any atom is -0.769 e. The van der Waals surface area contributed by atoms with Gasteiger partial charge in [0.1, 0.15) is 5.69 Å². The predicted octanol–water partition coefficient (Wildman–Crippen LogP) is 6.24. The predicted molar refractivity (Wildman–Crippen MR) is 98.4 cm³/mol. The second-order valence-corrected chi connectivity index (χ2v) is 7.07. The Morgan fingerprint density at radius 3 is 1.76 bits per heavy atom. The number of anilines is 3. The lowest BCUT2D eigenvalue weighted by atomic mass is 9.86. The van der Waals surface area contributed by atoms with Crippen LogP contribution >= 0.6 is 0 Å². The van der Waals surface area contributed by atoms with Crippen molar-refractivity contribution in [2.24, 2.45) is 11.0 Å². The van der Waals surface area contributed by atoms with Crippen LogP contribution in [0.5, 0.6) is 0 Å². The highest BCUT2D eigenvalue weighted by atomic mass is 19.4. The summed E-state index contributed by atoms with van der Waals surface area (Å²) in [7, 11) is 0. The van der Waals surface area contributed by atoms with Crippen molar-refractivity contribution in [3.63, 3.8) is 0 Å². The van der Waals surface area contributed by atoms with Crippen LogP contribution in [-0.2, 0) is 0 Å². The molecule has 1 atom stereocenters. The van der Waals surface area contributed by atoms with Crippen molar-refractivity contribution in [2.75, 3.05) is 15.9 Å². The number of hydrogen-bond donors (Lipinski definition) is 3. The molecule has 0 aromatic heterocycles. The quantitative estimate of drug-likeness (QED) is 0.163. The van der Waals surface area contributed by atoms with Gasteiger partial charge in [-0.25, -0.2) is 0 Å². The molecule has 0 heterocycles. The molecule has 0 amide bonds. The Morgan fingerprint density at radius 1 is 0.865 bits per heavy atom. The van der Waals surface area contributed by atoms with Crippen LogP contribution in [0.4, 0.5) is 74.1 Å². The lowest BCUT2D eigenvalue weighted by Crippen LogP contribution is -2.71. The fourth-order valence-corrected chi connectivity index (χ4v) is 2.56. The van der Waals surface area contributed by atoms with Crippen LogP contribution in [0.25, 0.3) is 0 Å². The van der Waals surface area contributed by atoms with Gasteiger partial charge in [-0.2, -0.15) is 62.2 Å². The number of benzene rings is 1. The van der Waals surface area contributed by atoms with E-state index in [1.165, 1.54) is 0 Å². The minimum absolute atomic E-state index is 0.339. The largest absolute Gasteiger partial charge is 0.769 e. The number of hydrazone groups is 1. The summed E-state index contributed by atoms with van der Waals surface area (Å²) < 4.78 is 173. The average Bonchev–Trinajstić information content (AvgIpc) is 2.74. The summed E-state index contributed by atoms with van der Waals surface area (Å²) in [5.74, 6) is -41.1. The van der Waals surface area contributed by atoms with Gasteiger partial charge in [-0.15, -0.1) is 5.23 Å². The molecule has 1 rings (SSSR count). The molecule has 0 aliphatic carbocycles. The Balaban J connectivity index is 3.39. The molecule has 0 aliphatic rings. The summed E-state index contributed by atoms with van der Waals surface area (Å²) in [4.78, 5) is 0. The molecule has 0 fully saturated rings. The third-order valence-corrected chi connectivity index (χ3v) is 4.71. The Kier molecular flexibility index (Phi) is 8.87. The number of hydrogen-bond acceptors (Lipinski definition) is 8. The summed E-state index contributed by atoms with van der Waals surface area (Å²) in [5, 5.41) is 40.6. The number of rotatable bonds is 11. The molecular formula is C16H13F13N4O4-2. The van der Waals surface area contributed by atoms with E-state index in [2.05, 4.69) is 5.10 Å². The minimum atomic E-state index is -8.04. The van der Waals surface area contributed by atoms with Crippen molar-refractivity contribution in [1.82, 2.24) is 0 Å². The number of nitrogens with one attached hydrogen (secondary N) is 1. The van der Waals surface area contributed by atoms with Crippen LogP contribution in [0.15, 0.2) is 23.3 Å². The van der Waals surface area contributed by atoms with Crippen molar-refractivity contribution < 1.29 is 67.5 Å². The zero-order valence-electron chi connectivity index (χ0n) is 17.6. The molecule has 1 aromatic rings. The number of nitrogens with zero attached hydrogens (tertiary/aromatic N) is 3. The maximum atomic E-state index is 14.3. The fourth-order valence-electron chi connectivity index (χ4n) is 2.56. The number of alkyl halides is 13. The van der Waals surface area contributed by atoms with E-state index in [0.29, 0.717) is 25.1 Å². The molecule has 0 spiro atoms. The molecule has 0 bridgehead atoms. The molecule has 0 saturated carbocycles. The Hall–Kier alpha value is -2.78. The molecule has 0 saturated heterocycles. The van der Waals surface area contributed by atoms with E-state index < -0.39 is 75.6 Å². The van der Waals surface area contributed by atoms with E-state index in [1.54, 1.807) is 5.43 Å². The molecular weight excluding hydrogens is 559 g/mol. The first-order valence-electron chi connectivity index (χ1n) is 9.13. The van der Waals surface area contributed by atoms with Crippen LogP contribution in [0.1, 0.15) is 13.3 Å². The molecule has 214 valence electrons. The van der Waals surface area contributed by atoms with Crippen molar-refractivity contribution in [3.8, 4) is 0 Å². The monoisotopic (exact) mass is 572 g/mol. The topological polar surface area (TPSA) is 117 Å². The SMILES string of the molecule is CC[C@H](C=NNc1ccc(N([O-])[O-])cc1N(O)O)C(F)(F)C(F)(F)C(F)(F)C(F)(F)C(F)(F)C(F)(F)F. The molecule has 21 heteroatoms. The smallest absolute Gasteiger partial charge is 0.460 e. The second-order valence-electron chi connectivity index (χ2n) is 7.07. The normalized spacial score (nSPS) is 15.2. The molecule has 8 nitrogen and oxygen atoms in total. The highest BCUT2D eigenvalue weighted by molar-refractivity contribution is 5.75. The lowest BCUT2D eigenvalue weighted by Gasteiger charge is -2.41. The molecule has 0 aliphatic heterocycles. The molecule has 0 unspecified atom stereocenters. The molecule has 1 aromatic carbocycles. The van der Waals surface area contributed by atoms with Crippen LogP contribution < -0.4 is 15.9 Å². The van der Waals surface area contributed by atoms with Crippen LogP contribution in [-0.4, -0.2) is 52.4 Å². The standard InChI is InChI=1S/C16H13F13N4O4/c1-2-7(6-30-31-9-4-3-8(32(34)35)5-10(9)33(36)37)11(17,18)12(19,20)13(21,22)14(23,24)15(25,26)16(27,28)29/h3-7,31,36-37H,2H2,1H3/q-2/t7-/m1/s1. The van der Waals surface area contributed by atoms with Gasteiger partial charge in [-0.05, 0) is 24.6 Å². The second kappa shape index (κ2) is 10.2. The fraction of sp³-hybridized carbons (Fsp3) is 0.562. The Morgan fingerprint density at radius 2 is 1.35 bits per heavy atom. The van der Waals surface area contributed by atoms with Crippen molar-refractivity contribution in [1.29, 1.82) is 0 Å². The van der Waals surface area contributed by atoms with Crippen molar-refractivity contribution >= 4 is 23.3 Å². The van der Waals surface area contributed by atoms with Crippen LogP contribution in [0, 0.1) is 16.3 Å².